The maximum Gasteiger partial charge on any atom is 0.244 e. The smallest absolute Gasteiger partial charge is 0.244 e. The number of methoxy groups -OCH3 is 1. The Morgan fingerprint density at radius 2 is 2.17 bits per heavy atom. The first kappa shape index (κ1) is 15.1. The number of anilines is 1. The lowest BCUT2D eigenvalue weighted by atomic mass is 9.77. The number of carbonyl (C=O) groups excluding carboxylic acids is 1. The SMILES string of the molecule is COc1ccc(NC(=O)C2(N)CCC2)cc1Cl.Cl. The van der Waals surface area contributed by atoms with Crippen molar-refractivity contribution in [1.29, 1.82) is 0 Å². The average molecular weight is 291 g/mol. The van der Waals surface area contributed by atoms with Gasteiger partial charge in [-0.05, 0) is 37.5 Å². The molecule has 0 bridgehead atoms. The third-order valence-corrected chi connectivity index (χ3v) is 3.40. The standard InChI is InChI=1S/C12H15ClN2O2.ClH/c1-17-10-4-3-8(7-9(10)13)15-11(16)12(14)5-2-6-12;/h3-4,7H,2,5-6,14H2,1H3,(H,15,16);1H. The Morgan fingerprint density at radius 1 is 1.50 bits per heavy atom. The first-order valence-electron chi connectivity index (χ1n) is 5.49. The van der Waals surface area contributed by atoms with Gasteiger partial charge in [-0.1, -0.05) is 11.6 Å². The molecule has 0 heterocycles. The summed E-state index contributed by atoms with van der Waals surface area (Å²) in [5, 5.41) is 3.24. The highest BCUT2D eigenvalue weighted by Crippen LogP contribution is 2.32. The Balaban J connectivity index is 0.00000162. The summed E-state index contributed by atoms with van der Waals surface area (Å²) in [4.78, 5) is 11.9. The maximum atomic E-state index is 11.9. The van der Waals surface area contributed by atoms with Crippen LogP contribution < -0.4 is 15.8 Å². The van der Waals surface area contributed by atoms with E-state index in [9.17, 15) is 4.79 Å². The Labute approximate surface area is 117 Å². The topological polar surface area (TPSA) is 64.3 Å². The zero-order valence-electron chi connectivity index (χ0n) is 10.0. The average Bonchev–Trinajstić information content (AvgIpc) is 2.26. The third kappa shape index (κ3) is 2.88. The summed E-state index contributed by atoms with van der Waals surface area (Å²) < 4.78 is 5.04. The van der Waals surface area contributed by atoms with Gasteiger partial charge in [-0.15, -0.1) is 12.4 Å². The number of amides is 1. The monoisotopic (exact) mass is 290 g/mol. The fourth-order valence-corrected chi connectivity index (χ4v) is 2.04. The van der Waals surface area contributed by atoms with E-state index in [2.05, 4.69) is 5.32 Å². The molecule has 100 valence electrons. The van der Waals surface area contributed by atoms with E-state index in [-0.39, 0.29) is 18.3 Å². The van der Waals surface area contributed by atoms with E-state index < -0.39 is 5.54 Å². The second kappa shape index (κ2) is 5.78. The van der Waals surface area contributed by atoms with Crippen molar-refractivity contribution < 1.29 is 9.53 Å². The first-order valence-corrected chi connectivity index (χ1v) is 5.87. The van der Waals surface area contributed by atoms with Gasteiger partial charge in [0.2, 0.25) is 5.91 Å². The van der Waals surface area contributed by atoms with Crippen molar-refractivity contribution in [2.24, 2.45) is 5.73 Å². The van der Waals surface area contributed by atoms with Gasteiger partial charge in [-0.2, -0.15) is 0 Å². The Morgan fingerprint density at radius 3 is 2.61 bits per heavy atom. The van der Waals surface area contributed by atoms with Crippen molar-refractivity contribution in [3.8, 4) is 5.75 Å². The van der Waals surface area contributed by atoms with Gasteiger partial charge in [0.1, 0.15) is 5.75 Å². The highest BCUT2D eigenvalue weighted by atomic mass is 35.5. The predicted molar refractivity (Wildman–Crippen MR) is 74.7 cm³/mol. The Bertz CT molecular complexity index is 448. The molecule has 2 rings (SSSR count). The largest absolute Gasteiger partial charge is 0.495 e. The van der Waals surface area contributed by atoms with Crippen LogP contribution in [0.1, 0.15) is 19.3 Å². The zero-order valence-corrected chi connectivity index (χ0v) is 11.6. The molecule has 0 saturated heterocycles. The number of nitrogens with two attached hydrogens (primary N) is 1. The van der Waals surface area contributed by atoms with Crippen molar-refractivity contribution in [3.05, 3.63) is 23.2 Å². The molecule has 18 heavy (non-hydrogen) atoms. The molecule has 0 unspecified atom stereocenters. The normalized spacial score (nSPS) is 16.2. The number of ether oxygens (including phenoxy) is 1. The summed E-state index contributed by atoms with van der Waals surface area (Å²) in [6, 6.07) is 5.10. The number of hydrogen-bond acceptors (Lipinski definition) is 3. The van der Waals surface area contributed by atoms with Crippen LogP contribution in [0.2, 0.25) is 5.02 Å². The zero-order chi connectivity index (χ0) is 12.5. The highest BCUT2D eigenvalue weighted by molar-refractivity contribution is 6.32. The second-order valence-corrected chi connectivity index (χ2v) is 4.72. The molecule has 1 aromatic carbocycles. The van der Waals surface area contributed by atoms with Gasteiger partial charge in [0.05, 0.1) is 17.7 Å². The second-order valence-electron chi connectivity index (χ2n) is 4.31. The van der Waals surface area contributed by atoms with Crippen molar-refractivity contribution in [2.45, 2.75) is 24.8 Å². The minimum atomic E-state index is -0.702. The molecule has 1 amide bonds. The van der Waals surface area contributed by atoms with E-state index in [4.69, 9.17) is 22.1 Å². The lowest BCUT2D eigenvalue weighted by Gasteiger charge is -2.36. The minimum absolute atomic E-state index is 0. The van der Waals surface area contributed by atoms with Crippen molar-refractivity contribution in [2.75, 3.05) is 12.4 Å². The number of hydrogen-bond donors (Lipinski definition) is 2. The molecule has 6 heteroatoms. The lowest BCUT2D eigenvalue weighted by molar-refractivity contribution is -0.123. The fraction of sp³-hybridized carbons (Fsp3) is 0.417. The molecular weight excluding hydrogens is 275 g/mol. The van der Waals surface area contributed by atoms with Crippen LogP contribution >= 0.6 is 24.0 Å². The van der Waals surface area contributed by atoms with E-state index in [1.807, 2.05) is 0 Å². The molecule has 4 nitrogen and oxygen atoms in total. The molecule has 1 saturated carbocycles. The van der Waals surface area contributed by atoms with Crippen LogP contribution in [0.3, 0.4) is 0 Å². The summed E-state index contributed by atoms with van der Waals surface area (Å²) in [7, 11) is 1.54. The molecule has 3 N–H and O–H groups in total. The molecule has 1 fully saturated rings. The molecule has 0 spiro atoms. The van der Waals surface area contributed by atoms with Crippen LogP contribution in [-0.2, 0) is 4.79 Å². The predicted octanol–water partition coefficient (Wildman–Crippen LogP) is 2.59. The molecule has 1 aliphatic rings. The molecule has 0 radical (unpaired) electrons. The van der Waals surface area contributed by atoms with E-state index in [0.717, 1.165) is 19.3 Å². The molecule has 1 aromatic rings. The van der Waals surface area contributed by atoms with Crippen molar-refractivity contribution >= 4 is 35.6 Å². The van der Waals surface area contributed by atoms with Crippen LogP contribution in [0.15, 0.2) is 18.2 Å². The highest BCUT2D eigenvalue weighted by Gasteiger charge is 2.40. The van der Waals surface area contributed by atoms with Gasteiger partial charge < -0.3 is 15.8 Å². The number of carbonyl (C=O) groups is 1. The number of nitrogens with one attached hydrogen (secondary N) is 1. The van der Waals surface area contributed by atoms with Crippen LogP contribution in [0.5, 0.6) is 5.75 Å². The van der Waals surface area contributed by atoms with Crippen LogP contribution in [0.25, 0.3) is 0 Å². The Hall–Kier alpha value is -0.970. The number of rotatable bonds is 3. The van der Waals surface area contributed by atoms with E-state index in [1.165, 1.54) is 0 Å². The van der Waals surface area contributed by atoms with E-state index in [0.29, 0.717) is 16.5 Å². The van der Waals surface area contributed by atoms with Gasteiger partial charge in [-0.25, -0.2) is 0 Å². The molecule has 0 aliphatic heterocycles. The van der Waals surface area contributed by atoms with Crippen LogP contribution in [-0.4, -0.2) is 18.6 Å². The molecule has 0 aromatic heterocycles. The van der Waals surface area contributed by atoms with Gasteiger partial charge in [0.15, 0.2) is 0 Å². The van der Waals surface area contributed by atoms with Gasteiger partial charge in [-0.3, -0.25) is 4.79 Å². The first-order chi connectivity index (χ1) is 8.05. The summed E-state index contributed by atoms with van der Waals surface area (Å²) in [6.45, 7) is 0. The summed E-state index contributed by atoms with van der Waals surface area (Å²) >= 11 is 5.97. The van der Waals surface area contributed by atoms with Gasteiger partial charge >= 0.3 is 0 Å². The summed E-state index contributed by atoms with van der Waals surface area (Å²) in [5.74, 6) is 0.431. The van der Waals surface area contributed by atoms with Gasteiger partial charge in [0.25, 0.3) is 0 Å². The molecule has 1 aliphatic carbocycles. The van der Waals surface area contributed by atoms with Crippen molar-refractivity contribution in [1.82, 2.24) is 0 Å². The van der Waals surface area contributed by atoms with E-state index in [1.54, 1.807) is 25.3 Å². The van der Waals surface area contributed by atoms with E-state index >= 15 is 0 Å². The lowest BCUT2D eigenvalue weighted by Crippen LogP contribution is -2.56. The number of benzene rings is 1. The number of halogens is 2. The van der Waals surface area contributed by atoms with Crippen molar-refractivity contribution in [3.63, 3.8) is 0 Å². The Kier molecular flexibility index (Phi) is 4.85. The third-order valence-electron chi connectivity index (χ3n) is 3.11. The van der Waals surface area contributed by atoms with Crippen LogP contribution in [0, 0.1) is 0 Å². The fourth-order valence-electron chi connectivity index (χ4n) is 1.78. The summed E-state index contributed by atoms with van der Waals surface area (Å²) in [5.41, 5.74) is 5.85. The molecule has 0 atom stereocenters. The summed E-state index contributed by atoms with van der Waals surface area (Å²) in [6.07, 6.45) is 2.48. The minimum Gasteiger partial charge on any atom is -0.495 e. The maximum absolute atomic E-state index is 11.9. The van der Waals surface area contributed by atoms with Gasteiger partial charge in [0, 0.05) is 5.69 Å². The molecular formula is C12H16Cl2N2O2. The quantitative estimate of drug-likeness (QED) is 0.899. The van der Waals surface area contributed by atoms with Crippen LogP contribution in [0.4, 0.5) is 5.69 Å².